The number of rotatable bonds is 5. The summed E-state index contributed by atoms with van der Waals surface area (Å²) in [5.41, 5.74) is 3.84. The van der Waals surface area contributed by atoms with Crippen molar-refractivity contribution >= 4 is 17.9 Å². The van der Waals surface area contributed by atoms with E-state index in [1.54, 1.807) is 39.5 Å². The van der Waals surface area contributed by atoms with Crippen LogP contribution < -0.4 is 14.2 Å². The van der Waals surface area contributed by atoms with E-state index in [-0.39, 0.29) is 11.6 Å². The van der Waals surface area contributed by atoms with Crippen molar-refractivity contribution in [2.24, 2.45) is 4.99 Å². The monoisotopic (exact) mass is 367 g/mol. The maximum atomic E-state index is 12.3. The highest BCUT2D eigenvalue weighted by Crippen LogP contribution is 2.36. The summed E-state index contributed by atoms with van der Waals surface area (Å²) in [6, 6.07) is 9.22. The molecule has 2 aromatic rings. The predicted octanol–water partition coefficient (Wildman–Crippen LogP) is 3.67. The first-order valence-corrected chi connectivity index (χ1v) is 8.37. The molecular weight excluding hydrogens is 346 g/mol. The van der Waals surface area contributed by atoms with Gasteiger partial charge < -0.3 is 18.9 Å². The molecule has 3 rings (SSSR count). The molecule has 0 fully saturated rings. The molecule has 27 heavy (non-hydrogen) atoms. The average Bonchev–Trinajstić information content (AvgIpc) is 3.04. The van der Waals surface area contributed by atoms with E-state index in [4.69, 9.17) is 18.9 Å². The summed E-state index contributed by atoms with van der Waals surface area (Å²) in [4.78, 5) is 16.6. The third-order valence-electron chi connectivity index (χ3n) is 4.40. The Morgan fingerprint density at radius 2 is 1.56 bits per heavy atom. The summed E-state index contributed by atoms with van der Waals surface area (Å²) >= 11 is 0. The Balaban J connectivity index is 2.02. The van der Waals surface area contributed by atoms with Crippen LogP contribution in [0.4, 0.5) is 0 Å². The highest BCUT2D eigenvalue weighted by atomic mass is 16.6. The van der Waals surface area contributed by atoms with Crippen LogP contribution in [-0.4, -0.2) is 33.2 Å². The maximum absolute atomic E-state index is 12.3. The molecule has 1 aliphatic heterocycles. The quantitative estimate of drug-likeness (QED) is 0.596. The number of esters is 1. The molecule has 2 aromatic carbocycles. The largest absolute Gasteiger partial charge is 0.496 e. The Morgan fingerprint density at radius 3 is 2.19 bits per heavy atom. The molecule has 0 radical (unpaired) electrons. The standard InChI is InChI=1S/C21H21NO5/c1-12-6-7-14(8-13(12)2)20-22-16(21(23)27-20)9-15-10-18(25-4)19(26-5)11-17(15)24-3/h6-11H,1-5H3/b16-9+. The number of hydrogen-bond acceptors (Lipinski definition) is 6. The van der Waals surface area contributed by atoms with Crippen molar-refractivity contribution in [3.63, 3.8) is 0 Å². The number of nitrogens with zero attached hydrogens (tertiary/aromatic N) is 1. The van der Waals surface area contributed by atoms with Gasteiger partial charge in [0.25, 0.3) is 0 Å². The van der Waals surface area contributed by atoms with Gasteiger partial charge in [-0.05, 0) is 49.2 Å². The van der Waals surface area contributed by atoms with Crippen LogP contribution in [0.25, 0.3) is 6.08 Å². The number of carbonyl (C=O) groups is 1. The van der Waals surface area contributed by atoms with Gasteiger partial charge in [0.2, 0.25) is 5.90 Å². The summed E-state index contributed by atoms with van der Waals surface area (Å²) in [6.07, 6.45) is 1.61. The molecule has 0 saturated heterocycles. The molecule has 0 N–H and O–H groups in total. The third kappa shape index (κ3) is 3.65. The smallest absolute Gasteiger partial charge is 0.363 e. The minimum Gasteiger partial charge on any atom is -0.496 e. The van der Waals surface area contributed by atoms with Crippen molar-refractivity contribution in [2.75, 3.05) is 21.3 Å². The number of ether oxygens (including phenoxy) is 4. The fraction of sp³-hybridized carbons (Fsp3) is 0.238. The summed E-state index contributed by atoms with van der Waals surface area (Å²) in [5.74, 6) is 1.36. The topological polar surface area (TPSA) is 66.3 Å². The van der Waals surface area contributed by atoms with E-state index in [1.807, 2.05) is 32.0 Å². The molecule has 0 aromatic heterocycles. The van der Waals surface area contributed by atoms with Crippen LogP contribution in [0.5, 0.6) is 17.2 Å². The van der Waals surface area contributed by atoms with Crippen LogP contribution in [0.3, 0.4) is 0 Å². The van der Waals surface area contributed by atoms with Crippen LogP contribution in [0.15, 0.2) is 41.0 Å². The summed E-state index contributed by atoms with van der Waals surface area (Å²) in [5, 5.41) is 0. The Bertz CT molecular complexity index is 959. The van der Waals surface area contributed by atoms with Crippen molar-refractivity contribution in [2.45, 2.75) is 13.8 Å². The zero-order chi connectivity index (χ0) is 19.6. The van der Waals surface area contributed by atoms with Gasteiger partial charge in [-0.3, -0.25) is 0 Å². The van der Waals surface area contributed by atoms with E-state index < -0.39 is 5.97 Å². The number of carbonyl (C=O) groups excluding carboxylic acids is 1. The van der Waals surface area contributed by atoms with E-state index in [2.05, 4.69) is 4.99 Å². The van der Waals surface area contributed by atoms with E-state index in [1.165, 1.54) is 0 Å². The lowest BCUT2D eigenvalue weighted by atomic mass is 10.1. The molecule has 140 valence electrons. The summed E-state index contributed by atoms with van der Waals surface area (Å²) in [6.45, 7) is 4.03. The first kappa shape index (κ1) is 18.5. The van der Waals surface area contributed by atoms with Gasteiger partial charge in [-0.1, -0.05) is 6.07 Å². The highest BCUT2D eigenvalue weighted by molar-refractivity contribution is 6.13. The van der Waals surface area contributed by atoms with Gasteiger partial charge in [0.15, 0.2) is 17.2 Å². The van der Waals surface area contributed by atoms with Gasteiger partial charge >= 0.3 is 5.97 Å². The van der Waals surface area contributed by atoms with E-state index in [9.17, 15) is 4.79 Å². The van der Waals surface area contributed by atoms with Gasteiger partial charge in [-0.25, -0.2) is 9.79 Å². The zero-order valence-electron chi connectivity index (χ0n) is 16.0. The number of aryl methyl sites for hydroxylation is 2. The Hall–Kier alpha value is -3.28. The molecule has 0 bridgehead atoms. The molecule has 0 saturated carbocycles. The van der Waals surface area contributed by atoms with Gasteiger partial charge in [-0.2, -0.15) is 0 Å². The second-order valence-electron chi connectivity index (χ2n) is 6.08. The van der Waals surface area contributed by atoms with Crippen molar-refractivity contribution in [3.05, 3.63) is 58.3 Å². The van der Waals surface area contributed by atoms with Crippen LogP contribution >= 0.6 is 0 Å². The predicted molar refractivity (Wildman–Crippen MR) is 103 cm³/mol. The van der Waals surface area contributed by atoms with Crippen LogP contribution in [-0.2, 0) is 9.53 Å². The second-order valence-corrected chi connectivity index (χ2v) is 6.08. The molecule has 0 spiro atoms. The normalized spacial score (nSPS) is 14.8. The molecule has 0 unspecified atom stereocenters. The number of cyclic esters (lactones) is 1. The fourth-order valence-electron chi connectivity index (χ4n) is 2.72. The minimum absolute atomic E-state index is 0.189. The van der Waals surface area contributed by atoms with Crippen LogP contribution in [0, 0.1) is 13.8 Å². The molecule has 6 heteroatoms. The van der Waals surface area contributed by atoms with Crippen LogP contribution in [0.2, 0.25) is 0 Å². The average molecular weight is 367 g/mol. The number of hydrogen-bond donors (Lipinski definition) is 0. The van der Waals surface area contributed by atoms with Gasteiger partial charge in [0.05, 0.1) is 21.3 Å². The fourth-order valence-corrected chi connectivity index (χ4v) is 2.72. The molecule has 0 aliphatic carbocycles. The van der Waals surface area contributed by atoms with Gasteiger partial charge in [0.1, 0.15) is 5.75 Å². The Morgan fingerprint density at radius 1 is 0.889 bits per heavy atom. The first-order chi connectivity index (χ1) is 13.0. The Labute approximate surface area is 158 Å². The molecule has 0 atom stereocenters. The lowest BCUT2D eigenvalue weighted by molar-refractivity contribution is -0.129. The van der Waals surface area contributed by atoms with Crippen molar-refractivity contribution in [1.82, 2.24) is 0 Å². The SMILES string of the molecule is COc1cc(OC)c(OC)cc1/C=C1/N=C(c2ccc(C)c(C)c2)OC1=O. The van der Waals surface area contributed by atoms with Gasteiger partial charge in [-0.15, -0.1) is 0 Å². The molecule has 6 nitrogen and oxygen atoms in total. The lowest BCUT2D eigenvalue weighted by Gasteiger charge is -2.12. The van der Waals surface area contributed by atoms with Gasteiger partial charge in [0, 0.05) is 17.2 Å². The van der Waals surface area contributed by atoms with Crippen LogP contribution in [0.1, 0.15) is 22.3 Å². The summed E-state index contributed by atoms with van der Waals surface area (Å²) < 4.78 is 21.3. The molecule has 0 amide bonds. The van der Waals surface area contributed by atoms with Crippen molar-refractivity contribution < 1.29 is 23.7 Å². The van der Waals surface area contributed by atoms with Crippen molar-refractivity contribution in [1.29, 1.82) is 0 Å². The lowest BCUT2D eigenvalue weighted by Crippen LogP contribution is -2.05. The molecule has 1 heterocycles. The third-order valence-corrected chi connectivity index (χ3v) is 4.40. The van der Waals surface area contributed by atoms with Crippen molar-refractivity contribution in [3.8, 4) is 17.2 Å². The number of methoxy groups -OCH3 is 3. The number of aliphatic imine (C=N–C) groups is 1. The van der Waals surface area contributed by atoms with E-state index in [0.717, 1.165) is 16.7 Å². The van der Waals surface area contributed by atoms with E-state index >= 15 is 0 Å². The second kappa shape index (κ2) is 7.53. The zero-order valence-corrected chi connectivity index (χ0v) is 16.0. The number of benzene rings is 2. The molecule has 1 aliphatic rings. The maximum Gasteiger partial charge on any atom is 0.363 e. The molecular formula is C21H21NO5. The first-order valence-electron chi connectivity index (χ1n) is 8.37. The Kier molecular flexibility index (Phi) is 5.16. The van der Waals surface area contributed by atoms with E-state index in [0.29, 0.717) is 22.8 Å². The minimum atomic E-state index is -0.514. The summed E-state index contributed by atoms with van der Waals surface area (Å²) in [7, 11) is 4.63. The highest BCUT2D eigenvalue weighted by Gasteiger charge is 2.25.